The Morgan fingerprint density at radius 1 is 1.17 bits per heavy atom. The van der Waals surface area contributed by atoms with Gasteiger partial charge in [-0.25, -0.2) is 17.5 Å². The molecule has 1 unspecified atom stereocenters. The van der Waals surface area contributed by atoms with Crippen LogP contribution in [0.25, 0.3) is 0 Å². The lowest BCUT2D eigenvalue weighted by Gasteiger charge is -2.32. The Hall–Kier alpha value is -2.49. The molecule has 1 aromatic carbocycles. The van der Waals surface area contributed by atoms with Crippen LogP contribution in [0.15, 0.2) is 54.7 Å². The van der Waals surface area contributed by atoms with Crippen LogP contribution in [0.3, 0.4) is 0 Å². The number of sulfonamides is 1. The van der Waals surface area contributed by atoms with E-state index < -0.39 is 22.2 Å². The summed E-state index contributed by atoms with van der Waals surface area (Å²) in [4.78, 5) is 15.4. The number of aromatic nitrogens is 1. The quantitative estimate of drug-likeness (QED) is 0.680. The molecule has 1 fully saturated rings. The van der Waals surface area contributed by atoms with Crippen molar-refractivity contribution in [3.63, 3.8) is 0 Å². The number of hydrogen-bond acceptors (Lipinski definition) is 5. The van der Waals surface area contributed by atoms with E-state index in [1.54, 1.807) is 36.5 Å². The lowest BCUT2D eigenvalue weighted by molar-refractivity contribution is 0.00869. The molecule has 2 N–H and O–H groups in total. The van der Waals surface area contributed by atoms with Crippen molar-refractivity contribution in [3.8, 4) is 0 Å². The number of carbonyl (C=O) groups is 1. The average Bonchev–Trinajstić information content (AvgIpc) is 2.73. The second-order valence-corrected chi connectivity index (χ2v) is 8.94. The molecule has 0 radical (unpaired) electrons. The summed E-state index contributed by atoms with van der Waals surface area (Å²) < 4.78 is 33.0. The molecule has 156 valence electrons. The predicted octanol–water partition coefficient (Wildman–Crippen LogP) is 2.40. The number of pyridine rings is 1. The lowest BCUT2D eigenvalue weighted by atomic mass is 10.1. The Morgan fingerprint density at radius 3 is 2.48 bits per heavy atom. The van der Waals surface area contributed by atoms with E-state index in [4.69, 9.17) is 9.84 Å². The molecule has 1 aliphatic rings. The molecule has 2 aromatic rings. The molecule has 9 heteroatoms. The molecular formula is C20H25N3O5S. The largest absolute Gasteiger partial charge is 0.465 e. The van der Waals surface area contributed by atoms with E-state index in [0.717, 1.165) is 5.69 Å². The number of nitrogens with one attached hydrogen (secondary N) is 1. The first-order chi connectivity index (χ1) is 13.9. The third-order valence-electron chi connectivity index (χ3n) is 4.86. The van der Waals surface area contributed by atoms with Crippen molar-refractivity contribution in [2.75, 3.05) is 18.8 Å². The zero-order valence-electron chi connectivity index (χ0n) is 16.0. The fraction of sp³-hybridized carbons (Fsp3) is 0.400. The summed E-state index contributed by atoms with van der Waals surface area (Å²) in [5.74, 6) is -0.317. The van der Waals surface area contributed by atoms with Crippen molar-refractivity contribution in [1.82, 2.24) is 14.6 Å². The van der Waals surface area contributed by atoms with Gasteiger partial charge in [-0.05, 0) is 30.5 Å². The van der Waals surface area contributed by atoms with Crippen LogP contribution in [0.4, 0.5) is 4.79 Å². The van der Waals surface area contributed by atoms with Gasteiger partial charge in [0.25, 0.3) is 0 Å². The summed E-state index contributed by atoms with van der Waals surface area (Å²) in [5, 5.41) is 11.4. The summed E-state index contributed by atoms with van der Waals surface area (Å²) in [6.45, 7) is 1.10. The molecule has 8 nitrogen and oxygen atoms in total. The highest BCUT2D eigenvalue weighted by Gasteiger charge is 2.31. The monoisotopic (exact) mass is 419 g/mol. The molecule has 3 rings (SSSR count). The van der Waals surface area contributed by atoms with E-state index in [0.29, 0.717) is 38.1 Å². The highest BCUT2D eigenvalue weighted by atomic mass is 32.2. The van der Waals surface area contributed by atoms with Crippen molar-refractivity contribution in [1.29, 1.82) is 0 Å². The summed E-state index contributed by atoms with van der Waals surface area (Å²) in [6, 6.07) is 13.5. The van der Waals surface area contributed by atoms with Gasteiger partial charge in [0, 0.05) is 19.3 Å². The zero-order valence-corrected chi connectivity index (χ0v) is 16.8. The minimum atomic E-state index is -3.63. The van der Waals surface area contributed by atoms with Gasteiger partial charge in [-0.2, -0.15) is 0 Å². The van der Waals surface area contributed by atoms with Crippen molar-refractivity contribution in [3.05, 3.63) is 66.0 Å². The standard InChI is InChI=1S/C20H25N3O5S/c24-20(25)22-19(16-6-2-1-3-7-16)15-29(26,27)23-12-9-18(10-13-23)28-14-17-8-4-5-11-21-17/h1-8,11,18-19,22H,9-10,12-15H2,(H,24,25). The summed E-state index contributed by atoms with van der Waals surface area (Å²) in [7, 11) is -3.63. The molecule has 2 heterocycles. The number of carboxylic acid groups (broad SMARTS) is 1. The van der Waals surface area contributed by atoms with Crippen LogP contribution in [-0.4, -0.2) is 53.9 Å². The summed E-state index contributed by atoms with van der Waals surface area (Å²) >= 11 is 0. The van der Waals surface area contributed by atoms with E-state index in [1.165, 1.54) is 4.31 Å². The average molecular weight is 420 g/mol. The smallest absolute Gasteiger partial charge is 0.405 e. The molecule has 0 bridgehead atoms. The van der Waals surface area contributed by atoms with E-state index in [-0.39, 0.29) is 11.9 Å². The minimum absolute atomic E-state index is 0.0227. The van der Waals surface area contributed by atoms with Crippen LogP contribution < -0.4 is 5.32 Å². The molecular weight excluding hydrogens is 394 g/mol. The van der Waals surface area contributed by atoms with Crippen molar-refractivity contribution in [2.45, 2.75) is 31.6 Å². The first-order valence-corrected chi connectivity index (χ1v) is 11.1. The second-order valence-electron chi connectivity index (χ2n) is 6.92. The number of benzene rings is 1. The maximum Gasteiger partial charge on any atom is 0.405 e. The van der Waals surface area contributed by atoms with Gasteiger partial charge in [-0.15, -0.1) is 0 Å². The van der Waals surface area contributed by atoms with Gasteiger partial charge in [0.05, 0.1) is 30.2 Å². The molecule has 1 saturated heterocycles. The summed E-state index contributed by atoms with van der Waals surface area (Å²) in [6.07, 6.45) is 1.62. The van der Waals surface area contributed by atoms with E-state index in [9.17, 15) is 13.2 Å². The fourth-order valence-corrected chi connectivity index (χ4v) is 5.01. The van der Waals surface area contributed by atoms with E-state index in [1.807, 2.05) is 18.2 Å². The Morgan fingerprint density at radius 2 is 1.86 bits per heavy atom. The summed E-state index contributed by atoms with van der Waals surface area (Å²) in [5.41, 5.74) is 1.46. The molecule has 1 atom stereocenters. The lowest BCUT2D eigenvalue weighted by Crippen LogP contribution is -2.44. The third kappa shape index (κ3) is 6.25. The first-order valence-electron chi connectivity index (χ1n) is 9.48. The van der Waals surface area contributed by atoms with Gasteiger partial charge >= 0.3 is 6.09 Å². The number of hydrogen-bond donors (Lipinski definition) is 2. The Labute approximate surface area is 170 Å². The molecule has 29 heavy (non-hydrogen) atoms. The van der Waals surface area contributed by atoms with Gasteiger partial charge < -0.3 is 15.2 Å². The number of nitrogens with zero attached hydrogens (tertiary/aromatic N) is 2. The van der Waals surface area contributed by atoms with Gasteiger partial charge in [0.2, 0.25) is 10.0 Å². The Balaban J connectivity index is 1.56. The number of piperidine rings is 1. The SMILES string of the molecule is O=C(O)NC(CS(=O)(=O)N1CCC(OCc2ccccn2)CC1)c1ccccc1. The van der Waals surface area contributed by atoms with Gasteiger partial charge in [0.1, 0.15) is 0 Å². The first kappa shape index (κ1) is 21.2. The Kier molecular flexibility index (Phi) is 7.18. The number of ether oxygens (including phenoxy) is 1. The van der Waals surface area contributed by atoms with Crippen molar-refractivity contribution < 1.29 is 23.1 Å². The van der Waals surface area contributed by atoms with Gasteiger partial charge in [0.15, 0.2) is 0 Å². The molecule has 1 amide bonds. The highest BCUT2D eigenvalue weighted by molar-refractivity contribution is 7.89. The van der Waals surface area contributed by atoms with Crippen LogP contribution in [0.1, 0.15) is 30.1 Å². The Bertz CT molecular complexity index is 885. The number of rotatable bonds is 8. The van der Waals surface area contributed by atoms with Crippen LogP contribution >= 0.6 is 0 Å². The van der Waals surface area contributed by atoms with Gasteiger partial charge in [-0.3, -0.25) is 4.98 Å². The van der Waals surface area contributed by atoms with Crippen LogP contribution in [0, 0.1) is 0 Å². The molecule has 1 aromatic heterocycles. The van der Waals surface area contributed by atoms with E-state index in [2.05, 4.69) is 10.3 Å². The van der Waals surface area contributed by atoms with Crippen LogP contribution in [-0.2, 0) is 21.4 Å². The van der Waals surface area contributed by atoms with E-state index >= 15 is 0 Å². The zero-order chi connectivity index (χ0) is 20.7. The number of amides is 1. The highest BCUT2D eigenvalue weighted by Crippen LogP contribution is 2.22. The minimum Gasteiger partial charge on any atom is -0.465 e. The fourth-order valence-electron chi connectivity index (χ4n) is 3.34. The molecule has 1 aliphatic heterocycles. The topological polar surface area (TPSA) is 109 Å². The van der Waals surface area contributed by atoms with Crippen LogP contribution in [0.5, 0.6) is 0 Å². The third-order valence-corrected chi connectivity index (χ3v) is 6.77. The molecule has 0 spiro atoms. The van der Waals surface area contributed by atoms with Crippen molar-refractivity contribution in [2.24, 2.45) is 0 Å². The molecule has 0 saturated carbocycles. The predicted molar refractivity (Wildman–Crippen MR) is 108 cm³/mol. The maximum absolute atomic E-state index is 12.9. The van der Waals surface area contributed by atoms with Gasteiger partial charge in [-0.1, -0.05) is 36.4 Å². The van der Waals surface area contributed by atoms with Crippen LogP contribution in [0.2, 0.25) is 0 Å². The second kappa shape index (κ2) is 9.82. The van der Waals surface area contributed by atoms with Crippen molar-refractivity contribution >= 4 is 16.1 Å². The molecule has 0 aliphatic carbocycles. The normalized spacial score (nSPS) is 17.0. The maximum atomic E-state index is 12.9.